The van der Waals surface area contributed by atoms with E-state index in [0.717, 1.165) is 18.0 Å². The van der Waals surface area contributed by atoms with Gasteiger partial charge >= 0.3 is 5.97 Å². The van der Waals surface area contributed by atoms with Crippen molar-refractivity contribution in [2.24, 2.45) is 0 Å². The van der Waals surface area contributed by atoms with Gasteiger partial charge in [0.15, 0.2) is 5.82 Å². The topological polar surface area (TPSA) is 63.1 Å². The van der Waals surface area contributed by atoms with Crippen molar-refractivity contribution in [3.05, 3.63) is 47.5 Å². The Morgan fingerprint density at radius 3 is 2.47 bits per heavy atom. The normalized spacial score (nSPS) is 10.2. The van der Waals surface area contributed by atoms with Crippen molar-refractivity contribution in [1.82, 2.24) is 9.97 Å². The second-order valence-corrected chi connectivity index (χ2v) is 3.58. The van der Waals surface area contributed by atoms with Gasteiger partial charge in [-0.1, -0.05) is 6.07 Å². The molecule has 0 amide bonds. The molecule has 0 aliphatic rings. The third-order valence-electron chi connectivity index (χ3n) is 2.26. The van der Waals surface area contributed by atoms with Crippen LogP contribution in [0.5, 0.6) is 0 Å². The van der Waals surface area contributed by atoms with Crippen molar-refractivity contribution in [3.8, 4) is 11.4 Å². The predicted octanol–water partition coefficient (Wildman–Crippen LogP) is 2.29. The maximum atomic E-state index is 13.6. The van der Waals surface area contributed by atoms with Crippen LogP contribution in [0, 0.1) is 12.7 Å². The van der Waals surface area contributed by atoms with Crippen LogP contribution in [0.25, 0.3) is 11.4 Å². The van der Waals surface area contributed by atoms with Crippen LogP contribution in [-0.2, 0) is 0 Å². The average molecular weight is 232 g/mol. The highest BCUT2D eigenvalue weighted by Gasteiger charge is 2.09. The van der Waals surface area contributed by atoms with E-state index in [-0.39, 0.29) is 17.0 Å². The first kappa shape index (κ1) is 11.2. The number of hydrogen-bond acceptors (Lipinski definition) is 3. The molecular weight excluding hydrogens is 223 g/mol. The van der Waals surface area contributed by atoms with Gasteiger partial charge in [0.1, 0.15) is 5.82 Å². The molecule has 17 heavy (non-hydrogen) atoms. The third kappa shape index (κ3) is 2.28. The van der Waals surface area contributed by atoms with Crippen LogP contribution in [-0.4, -0.2) is 21.0 Å². The van der Waals surface area contributed by atoms with Crippen LogP contribution in [0.3, 0.4) is 0 Å². The van der Waals surface area contributed by atoms with Gasteiger partial charge in [-0.05, 0) is 24.6 Å². The molecule has 0 aliphatic heterocycles. The van der Waals surface area contributed by atoms with Gasteiger partial charge in [0.25, 0.3) is 0 Å². The van der Waals surface area contributed by atoms with Crippen molar-refractivity contribution in [2.75, 3.05) is 0 Å². The molecule has 0 radical (unpaired) electrons. The van der Waals surface area contributed by atoms with Gasteiger partial charge in [0.05, 0.1) is 11.1 Å². The molecule has 1 N–H and O–H groups in total. The molecule has 0 unspecified atom stereocenters. The van der Waals surface area contributed by atoms with E-state index >= 15 is 0 Å². The van der Waals surface area contributed by atoms with Crippen LogP contribution in [0.4, 0.5) is 4.39 Å². The molecule has 0 atom stereocenters. The molecule has 2 aromatic rings. The Bertz CT molecular complexity index is 567. The first-order chi connectivity index (χ1) is 8.08. The van der Waals surface area contributed by atoms with Crippen LogP contribution in [0.15, 0.2) is 30.6 Å². The molecular formula is C12H9FN2O2. The SMILES string of the molecule is Cc1ccc(-c2ncc(C(=O)O)cn2)c(F)c1. The van der Waals surface area contributed by atoms with Gasteiger partial charge in [-0.25, -0.2) is 19.2 Å². The first-order valence-corrected chi connectivity index (χ1v) is 4.90. The molecule has 5 heteroatoms. The van der Waals surface area contributed by atoms with E-state index in [1.54, 1.807) is 19.1 Å². The minimum atomic E-state index is -1.11. The van der Waals surface area contributed by atoms with Crippen LogP contribution in [0.2, 0.25) is 0 Å². The van der Waals surface area contributed by atoms with Crippen LogP contribution >= 0.6 is 0 Å². The Hall–Kier alpha value is -2.30. The van der Waals surface area contributed by atoms with E-state index < -0.39 is 11.8 Å². The Labute approximate surface area is 96.8 Å². The lowest BCUT2D eigenvalue weighted by atomic mass is 10.1. The fourth-order valence-electron chi connectivity index (χ4n) is 1.38. The zero-order valence-corrected chi connectivity index (χ0v) is 9.01. The van der Waals surface area contributed by atoms with E-state index in [4.69, 9.17) is 5.11 Å². The molecule has 1 heterocycles. The first-order valence-electron chi connectivity index (χ1n) is 4.90. The smallest absolute Gasteiger partial charge is 0.338 e. The number of halogens is 1. The summed E-state index contributed by atoms with van der Waals surface area (Å²) in [5.74, 6) is -1.36. The molecule has 4 nitrogen and oxygen atoms in total. The lowest BCUT2D eigenvalue weighted by Crippen LogP contribution is -2.00. The number of aromatic nitrogens is 2. The van der Waals surface area contributed by atoms with Crippen LogP contribution < -0.4 is 0 Å². The second-order valence-electron chi connectivity index (χ2n) is 3.58. The summed E-state index contributed by atoms with van der Waals surface area (Å²) in [5.41, 5.74) is 1.03. The average Bonchev–Trinajstić information content (AvgIpc) is 2.29. The molecule has 0 aliphatic carbocycles. The van der Waals surface area contributed by atoms with E-state index in [1.807, 2.05) is 0 Å². The number of aryl methyl sites for hydroxylation is 1. The van der Waals surface area contributed by atoms with Crippen LogP contribution in [0.1, 0.15) is 15.9 Å². The van der Waals surface area contributed by atoms with E-state index in [9.17, 15) is 9.18 Å². The number of benzene rings is 1. The summed E-state index contributed by atoms with van der Waals surface area (Å²) in [6, 6.07) is 4.69. The molecule has 0 spiro atoms. The monoisotopic (exact) mass is 232 g/mol. The Kier molecular flexibility index (Phi) is 2.82. The number of aromatic carboxylic acids is 1. The maximum absolute atomic E-state index is 13.6. The largest absolute Gasteiger partial charge is 0.478 e. The molecule has 1 aromatic heterocycles. The van der Waals surface area contributed by atoms with E-state index in [0.29, 0.717) is 0 Å². The summed E-state index contributed by atoms with van der Waals surface area (Å²) in [5, 5.41) is 8.68. The van der Waals surface area contributed by atoms with Gasteiger partial charge in [0, 0.05) is 12.4 Å². The molecule has 0 bridgehead atoms. The molecule has 0 fully saturated rings. The minimum Gasteiger partial charge on any atom is -0.478 e. The zero-order chi connectivity index (χ0) is 12.4. The van der Waals surface area contributed by atoms with Crippen molar-refractivity contribution >= 4 is 5.97 Å². The molecule has 0 saturated heterocycles. The predicted molar refractivity (Wildman–Crippen MR) is 59.1 cm³/mol. The fourth-order valence-corrected chi connectivity index (χ4v) is 1.38. The summed E-state index contributed by atoms with van der Waals surface area (Å²) in [6.45, 7) is 1.78. The highest BCUT2D eigenvalue weighted by Crippen LogP contribution is 2.19. The highest BCUT2D eigenvalue weighted by atomic mass is 19.1. The Balaban J connectivity index is 2.43. The third-order valence-corrected chi connectivity index (χ3v) is 2.26. The Morgan fingerprint density at radius 1 is 1.29 bits per heavy atom. The summed E-state index contributed by atoms with van der Waals surface area (Å²) >= 11 is 0. The van der Waals surface area contributed by atoms with Gasteiger partial charge < -0.3 is 5.11 Å². The number of carboxylic acid groups (broad SMARTS) is 1. The molecule has 0 saturated carbocycles. The molecule has 2 rings (SSSR count). The second kappa shape index (κ2) is 4.29. The number of nitrogens with zero attached hydrogens (tertiary/aromatic N) is 2. The van der Waals surface area contributed by atoms with Gasteiger partial charge in [-0.3, -0.25) is 0 Å². The number of rotatable bonds is 2. The lowest BCUT2D eigenvalue weighted by Gasteiger charge is -2.02. The van der Waals surface area contributed by atoms with Crippen molar-refractivity contribution < 1.29 is 14.3 Å². The lowest BCUT2D eigenvalue weighted by molar-refractivity contribution is 0.0696. The number of carboxylic acids is 1. The Morgan fingerprint density at radius 2 is 1.94 bits per heavy atom. The fraction of sp³-hybridized carbons (Fsp3) is 0.0833. The maximum Gasteiger partial charge on any atom is 0.338 e. The molecule has 86 valence electrons. The van der Waals surface area contributed by atoms with Gasteiger partial charge in [-0.2, -0.15) is 0 Å². The van der Waals surface area contributed by atoms with Crippen molar-refractivity contribution in [1.29, 1.82) is 0 Å². The van der Waals surface area contributed by atoms with Gasteiger partial charge in [-0.15, -0.1) is 0 Å². The number of carbonyl (C=O) groups is 1. The standard InChI is InChI=1S/C12H9FN2O2/c1-7-2-3-9(10(13)4-7)11-14-5-8(6-15-11)12(16)17/h2-6H,1H3,(H,16,17). The van der Waals surface area contributed by atoms with Crippen molar-refractivity contribution in [2.45, 2.75) is 6.92 Å². The summed E-state index contributed by atoms with van der Waals surface area (Å²) in [4.78, 5) is 18.3. The summed E-state index contributed by atoms with van der Waals surface area (Å²) in [6.07, 6.45) is 2.31. The summed E-state index contributed by atoms with van der Waals surface area (Å²) in [7, 11) is 0. The zero-order valence-electron chi connectivity index (χ0n) is 9.01. The van der Waals surface area contributed by atoms with E-state index in [1.165, 1.54) is 6.07 Å². The number of hydrogen-bond donors (Lipinski definition) is 1. The van der Waals surface area contributed by atoms with Crippen molar-refractivity contribution in [3.63, 3.8) is 0 Å². The molecule has 1 aromatic carbocycles. The quantitative estimate of drug-likeness (QED) is 0.862. The minimum absolute atomic E-state index is 0.0266. The summed E-state index contributed by atoms with van der Waals surface area (Å²) < 4.78 is 13.6. The highest BCUT2D eigenvalue weighted by molar-refractivity contribution is 5.86. The van der Waals surface area contributed by atoms with Gasteiger partial charge in [0.2, 0.25) is 0 Å². The van der Waals surface area contributed by atoms with E-state index in [2.05, 4.69) is 9.97 Å².